The Morgan fingerprint density at radius 3 is 1.25 bits per heavy atom. The Labute approximate surface area is 130 Å². The van der Waals surface area contributed by atoms with E-state index in [1.165, 1.54) is 0 Å². The molecule has 0 aromatic heterocycles. The van der Waals surface area contributed by atoms with Crippen LogP contribution in [0.25, 0.3) is 0 Å². The van der Waals surface area contributed by atoms with Crippen molar-refractivity contribution in [3.63, 3.8) is 0 Å². The van der Waals surface area contributed by atoms with E-state index in [-0.39, 0.29) is 77.6 Å². The number of aliphatic hydroxyl groups is 2. The van der Waals surface area contributed by atoms with Gasteiger partial charge in [0.05, 0.1) is 11.9 Å². The minimum Gasteiger partial charge on any atom is -0.547 e. The van der Waals surface area contributed by atoms with E-state index in [9.17, 15) is 19.8 Å². The largest absolute Gasteiger partial charge is 2.00 e. The summed E-state index contributed by atoms with van der Waals surface area (Å²) < 4.78 is 0. The van der Waals surface area contributed by atoms with Gasteiger partial charge in [0.15, 0.2) is 0 Å². The summed E-state index contributed by atoms with van der Waals surface area (Å²) in [5, 5.41) is 35.7. The third kappa shape index (κ3) is 6.85. The van der Waals surface area contributed by atoms with Crippen molar-refractivity contribution in [1.82, 2.24) is 0 Å². The van der Waals surface area contributed by atoms with Gasteiger partial charge in [-0.2, -0.15) is 0 Å². The zero-order valence-corrected chi connectivity index (χ0v) is 11.8. The van der Waals surface area contributed by atoms with E-state index in [1.807, 2.05) is 0 Å². The molecule has 2 atom stereocenters. The first-order valence-electron chi connectivity index (χ1n) is 2.24. The second-order valence-electron chi connectivity index (χ2n) is 1.53. The molecule has 0 aliphatic heterocycles. The van der Waals surface area contributed by atoms with Crippen molar-refractivity contribution in [2.24, 2.45) is 0 Å². The van der Waals surface area contributed by atoms with Gasteiger partial charge >= 0.3 is 77.6 Å². The quantitative estimate of drug-likeness (QED) is 0.495. The number of aliphatic hydroxyl groups excluding tert-OH is 2. The van der Waals surface area contributed by atoms with Crippen molar-refractivity contribution in [3.05, 3.63) is 0 Å². The van der Waals surface area contributed by atoms with Crippen molar-refractivity contribution in [1.29, 1.82) is 0 Å². The second kappa shape index (κ2) is 8.96. The van der Waals surface area contributed by atoms with Gasteiger partial charge in [-0.3, -0.25) is 0 Å². The standard InChI is InChI=1S/C4H6O6.K.Zr/c5-1(3(7)8)2(6)4(9)10;;/h1-2,5-6H,(H,7,8)(H,9,10);;/q;+1;+2/p-2. The fraction of sp³-hybridized carbons (Fsp3) is 0.500. The van der Waals surface area contributed by atoms with Gasteiger partial charge in [0.2, 0.25) is 0 Å². The number of rotatable bonds is 3. The first-order valence-corrected chi connectivity index (χ1v) is 2.24. The van der Waals surface area contributed by atoms with Crippen LogP contribution in [-0.4, -0.2) is 34.4 Å². The Balaban J connectivity index is -0.000000405. The fourth-order valence-corrected chi connectivity index (χ4v) is 0.258. The first kappa shape index (κ1) is 19.0. The molecule has 0 saturated carbocycles. The molecule has 0 aromatic rings. The SMILES string of the molecule is O=C([O-])C(O)C(O)C(=O)[O-].[K+].[Zr+2]. The van der Waals surface area contributed by atoms with Crippen LogP contribution >= 0.6 is 0 Å². The number of carboxylic acids is 2. The molecular formula is C4H4KO6Zr+. The maximum atomic E-state index is 9.63. The van der Waals surface area contributed by atoms with Crippen LogP contribution in [0.2, 0.25) is 0 Å². The molecule has 60 valence electrons. The number of hydrogen-bond donors (Lipinski definition) is 2. The Hall–Kier alpha value is 1.38. The molecule has 12 heavy (non-hydrogen) atoms. The molecule has 0 spiro atoms. The fourth-order valence-electron chi connectivity index (χ4n) is 0.258. The van der Waals surface area contributed by atoms with Gasteiger partial charge in [-0.15, -0.1) is 0 Å². The van der Waals surface area contributed by atoms with Crippen LogP contribution in [0, 0.1) is 0 Å². The van der Waals surface area contributed by atoms with Crippen molar-refractivity contribution >= 4 is 11.9 Å². The summed E-state index contributed by atoms with van der Waals surface area (Å²) in [6.07, 6.45) is -4.88. The van der Waals surface area contributed by atoms with E-state index in [0.29, 0.717) is 0 Å². The molecule has 0 amide bonds. The molecule has 0 radical (unpaired) electrons. The Bertz CT molecular complexity index is 144. The molecule has 0 heterocycles. The zero-order valence-electron chi connectivity index (χ0n) is 6.18. The summed E-state index contributed by atoms with van der Waals surface area (Å²) in [5.41, 5.74) is 0. The monoisotopic (exact) mass is 277 g/mol. The minimum absolute atomic E-state index is 0. The molecule has 2 N–H and O–H groups in total. The number of carboxylic acid groups (broad SMARTS) is 2. The molecule has 0 aromatic carbocycles. The van der Waals surface area contributed by atoms with Crippen LogP contribution in [0.1, 0.15) is 0 Å². The van der Waals surface area contributed by atoms with Crippen LogP contribution in [-0.2, 0) is 35.8 Å². The van der Waals surface area contributed by atoms with E-state index in [4.69, 9.17) is 10.2 Å². The van der Waals surface area contributed by atoms with Gasteiger partial charge in [0, 0.05) is 0 Å². The summed E-state index contributed by atoms with van der Waals surface area (Å²) in [6, 6.07) is 0. The van der Waals surface area contributed by atoms with Crippen LogP contribution in [0.3, 0.4) is 0 Å². The smallest absolute Gasteiger partial charge is 0.547 e. The molecule has 0 rings (SSSR count). The number of hydrogen-bond acceptors (Lipinski definition) is 6. The minimum atomic E-state index is -2.44. The van der Waals surface area contributed by atoms with Crippen molar-refractivity contribution in [3.8, 4) is 0 Å². The average molecular weight is 278 g/mol. The van der Waals surface area contributed by atoms with Crippen LogP contribution < -0.4 is 61.6 Å². The van der Waals surface area contributed by atoms with Gasteiger partial charge in [-0.1, -0.05) is 0 Å². The maximum absolute atomic E-state index is 9.63. The molecule has 0 bridgehead atoms. The molecule has 0 aliphatic carbocycles. The van der Waals surface area contributed by atoms with E-state index < -0.39 is 24.1 Å². The van der Waals surface area contributed by atoms with E-state index >= 15 is 0 Å². The van der Waals surface area contributed by atoms with E-state index in [0.717, 1.165) is 0 Å². The number of aliphatic carboxylic acids is 2. The molecule has 0 aliphatic rings. The van der Waals surface area contributed by atoms with E-state index in [2.05, 4.69) is 0 Å². The Kier molecular flexibility index (Phi) is 14.2. The molecule has 0 fully saturated rings. The molecular weight excluding hydrogens is 274 g/mol. The van der Waals surface area contributed by atoms with E-state index in [1.54, 1.807) is 0 Å². The van der Waals surface area contributed by atoms with Crippen molar-refractivity contribution in [2.45, 2.75) is 12.2 Å². The van der Waals surface area contributed by atoms with Gasteiger partial charge in [0.25, 0.3) is 0 Å². The summed E-state index contributed by atoms with van der Waals surface area (Å²) in [7, 11) is 0. The van der Waals surface area contributed by atoms with Gasteiger partial charge < -0.3 is 30.0 Å². The van der Waals surface area contributed by atoms with Gasteiger partial charge in [-0.25, -0.2) is 0 Å². The molecule has 8 heteroatoms. The summed E-state index contributed by atoms with van der Waals surface area (Å²) in [6.45, 7) is 0. The predicted molar refractivity (Wildman–Crippen MR) is 22.0 cm³/mol. The topological polar surface area (TPSA) is 121 Å². The molecule has 2 unspecified atom stereocenters. The average Bonchev–Trinajstić information content (AvgIpc) is 1.84. The number of carbonyl (C=O) groups excluding carboxylic acids is 2. The maximum Gasteiger partial charge on any atom is 2.00 e. The van der Waals surface area contributed by atoms with Crippen LogP contribution in [0.5, 0.6) is 0 Å². The first-order chi connectivity index (χ1) is 4.46. The number of carbonyl (C=O) groups is 2. The Morgan fingerprint density at radius 1 is 1.00 bits per heavy atom. The normalized spacial score (nSPS) is 13.2. The molecule has 6 nitrogen and oxygen atoms in total. The second-order valence-corrected chi connectivity index (χ2v) is 1.53. The third-order valence-electron chi connectivity index (χ3n) is 0.782. The van der Waals surface area contributed by atoms with Crippen molar-refractivity contribution in [2.75, 3.05) is 0 Å². The summed E-state index contributed by atoms with van der Waals surface area (Å²) >= 11 is 0. The third-order valence-corrected chi connectivity index (χ3v) is 0.782. The predicted octanol–water partition coefficient (Wildman–Crippen LogP) is -7.79. The molecule has 0 saturated heterocycles. The zero-order chi connectivity index (χ0) is 8.31. The van der Waals surface area contributed by atoms with Crippen LogP contribution in [0.15, 0.2) is 0 Å². The van der Waals surface area contributed by atoms with Crippen molar-refractivity contribution < 1.29 is 108 Å². The Morgan fingerprint density at radius 2 is 1.17 bits per heavy atom. The van der Waals surface area contributed by atoms with Gasteiger partial charge in [0.1, 0.15) is 12.2 Å². The van der Waals surface area contributed by atoms with Gasteiger partial charge in [-0.05, 0) is 0 Å². The summed E-state index contributed by atoms with van der Waals surface area (Å²) in [4.78, 5) is 19.3. The van der Waals surface area contributed by atoms with Crippen LogP contribution in [0.4, 0.5) is 0 Å². The summed E-state index contributed by atoms with van der Waals surface area (Å²) in [5.74, 6) is -4.12.